The van der Waals surface area contributed by atoms with E-state index in [9.17, 15) is 4.79 Å². The van der Waals surface area contributed by atoms with Crippen LogP contribution in [0.3, 0.4) is 0 Å². The lowest BCUT2D eigenvalue weighted by molar-refractivity contribution is -0.151. The van der Waals surface area contributed by atoms with E-state index in [0.29, 0.717) is 6.42 Å². The Hall–Kier alpha value is -0.870. The quantitative estimate of drug-likeness (QED) is 0.866. The SMILES string of the molecule is CCC(C)(N)C(=O)OCc1cccc(Br)c1. The average Bonchev–Trinajstić information content (AvgIpc) is 2.26. The molecule has 0 aliphatic heterocycles. The molecule has 0 aromatic heterocycles. The maximum absolute atomic E-state index is 11.6. The summed E-state index contributed by atoms with van der Waals surface area (Å²) in [4.78, 5) is 11.6. The van der Waals surface area contributed by atoms with E-state index in [1.165, 1.54) is 0 Å². The minimum atomic E-state index is -0.897. The fourth-order valence-corrected chi connectivity index (χ4v) is 1.53. The molecule has 0 saturated heterocycles. The number of nitrogens with two attached hydrogens (primary N) is 1. The molecule has 16 heavy (non-hydrogen) atoms. The molecule has 3 nitrogen and oxygen atoms in total. The molecular formula is C12H16BrNO2. The minimum Gasteiger partial charge on any atom is -0.459 e. The minimum absolute atomic E-state index is 0.255. The number of carbonyl (C=O) groups excluding carboxylic acids is 1. The third-order valence-corrected chi connectivity index (χ3v) is 2.95. The van der Waals surface area contributed by atoms with Crippen molar-refractivity contribution in [3.63, 3.8) is 0 Å². The first kappa shape index (κ1) is 13.2. The van der Waals surface area contributed by atoms with E-state index >= 15 is 0 Å². The summed E-state index contributed by atoms with van der Waals surface area (Å²) < 4.78 is 6.12. The fraction of sp³-hybridized carbons (Fsp3) is 0.417. The Balaban J connectivity index is 2.56. The molecule has 1 aromatic rings. The van der Waals surface area contributed by atoms with Gasteiger partial charge in [0.15, 0.2) is 0 Å². The van der Waals surface area contributed by atoms with Gasteiger partial charge in [-0.3, -0.25) is 4.79 Å². The van der Waals surface area contributed by atoms with Crippen LogP contribution in [-0.2, 0) is 16.1 Å². The van der Waals surface area contributed by atoms with Crippen molar-refractivity contribution < 1.29 is 9.53 Å². The molecule has 0 aliphatic carbocycles. The van der Waals surface area contributed by atoms with E-state index < -0.39 is 5.54 Å². The molecule has 0 heterocycles. The standard InChI is InChI=1S/C12H16BrNO2/c1-3-12(2,14)11(15)16-8-9-5-4-6-10(13)7-9/h4-7H,3,8,14H2,1-2H3. The molecule has 1 aromatic carbocycles. The number of hydrogen-bond acceptors (Lipinski definition) is 3. The van der Waals surface area contributed by atoms with Crippen LogP contribution in [0.15, 0.2) is 28.7 Å². The maximum atomic E-state index is 11.6. The highest BCUT2D eigenvalue weighted by atomic mass is 79.9. The number of hydrogen-bond donors (Lipinski definition) is 1. The first-order valence-electron chi connectivity index (χ1n) is 5.16. The normalized spacial score (nSPS) is 14.2. The van der Waals surface area contributed by atoms with Crippen molar-refractivity contribution in [3.8, 4) is 0 Å². The second-order valence-electron chi connectivity index (χ2n) is 3.98. The Morgan fingerprint density at radius 2 is 2.25 bits per heavy atom. The molecule has 0 saturated carbocycles. The number of esters is 1. The molecule has 0 amide bonds. The summed E-state index contributed by atoms with van der Waals surface area (Å²) in [5, 5.41) is 0. The van der Waals surface area contributed by atoms with Gasteiger partial charge in [0.2, 0.25) is 0 Å². The van der Waals surface area contributed by atoms with Gasteiger partial charge in [-0.25, -0.2) is 0 Å². The van der Waals surface area contributed by atoms with Gasteiger partial charge in [0.1, 0.15) is 12.1 Å². The lowest BCUT2D eigenvalue weighted by atomic mass is 10.0. The molecule has 4 heteroatoms. The lowest BCUT2D eigenvalue weighted by Crippen LogP contribution is -2.45. The molecule has 1 atom stereocenters. The van der Waals surface area contributed by atoms with Crippen molar-refractivity contribution in [1.29, 1.82) is 0 Å². The Morgan fingerprint density at radius 3 is 2.81 bits per heavy atom. The third kappa shape index (κ3) is 3.61. The summed E-state index contributed by atoms with van der Waals surface area (Å²) in [7, 11) is 0. The summed E-state index contributed by atoms with van der Waals surface area (Å²) in [6.45, 7) is 3.79. The molecule has 2 N–H and O–H groups in total. The zero-order valence-corrected chi connectivity index (χ0v) is 11.1. The monoisotopic (exact) mass is 285 g/mol. The van der Waals surface area contributed by atoms with E-state index in [4.69, 9.17) is 10.5 Å². The molecule has 0 aliphatic rings. The fourth-order valence-electron chi connectivity index (χ4n) is 1.08. The molecule has 0 fully saturated rings. The predicted octanol–water partition coefficient (Wildman–Crippen LogP) is 2.62. The van der Waals surface area contributed by atoms with Crippen LogP contribution in [0.1, 0.15) is 25.8 Å². The molecule has 1 unspecified atom stereocenters. The Kier molecular flexibility index (Phi) is 4.50. The van der Waals surface area contributed by atoms with Crippen molar-refractivity contribution in [2.45, 2.75) is 32.4 Å². The maximum Gasteiger partial charge on any atom is 0.326 e. The summed E-state index contributed by atoms with van der Waals surface area (Å²) in [5.41, 5.74) is 5.81. The Bertz CT molecular complexity index is 377. The topological polar surface area (TPSA) is 52.3 Å². The van der Waals surface area contributed by atoms with Crippen LogP contribution in [0, 0.1) is 0 Å². The number of ether oxygens (including phenoxy) is 1. The van der Waals surface area contributed by atoms with Gasteiger partial charge in [-0.2, -0.15) is 0 Å². The van der Waals surface area contributed by atoms with Crippen molar-refractivity contribution in [2.24, 2.45) is 5.73 Å². The summed E-state index contributed by atoms with van der Waals surface area (Å²) in [6.07, 6.45) is 0.560. The van der Waals surface area contributed by atoms with Gasteiger partial charge in [0.05, 0.1) is 0 Å². The average molecular weight is 286 g/mol. The Labute approximate surface area is 104 Å². The number of halogens is 1. The number of benzene rings is 1. The van der Waals surface area contributed by atoms with E-state index in [1.807, 2.05) is 31.2 Å². The molecular weight excluding hydrogens is 270 g/mol. The van der Waals surface area contributed by atoms with Crippen molar-refractivity contribution >= 4 is 21.9 Å². The van der Waals surface area contributed by atoms with Crippen LogP contribution in [0.5, 0.6) is 0 Å². The van der Waals surface area contributed by atoms with Crippen LogP contribution >= 0.6 is 15.9 Å². The van der Waals surface area contributed by atoms with E-state index in [-0.39, 0.29) is 12.6 Å². The van der Waals surface area contributed by atoms with E-state index in [0.717, 1.165) is 10.0 Å². The van der Waals surface area contributed by atoms with Gasteiger partial charge in [0.25, 0.3) is 0 Å². The highest BCUT2D eigenvalue weighted by Gasteiger charge is 2.27. The zero-order chi connectivity index (χ0) is 12.2. The molecule has 0 radical (unpaired) electrons. The van der Waals surface area contributed by atoms with Crippen LogP contribution < -0.4 is 5.73 Å². The number of rotatable bonds is 4. The second kappa shape index (κ2) is 5.46. The van der Waals surface area contributed by atoms with Crippen molar-refractivity contribution in [3.05, 3.63) is 34.3 Å². The van der Waals surface area contributed by atoms with Crippen molar-refractivity contribution in [1.82, 2.24) is 0 Å². The largest absolute Gasteiger partial charge is 0.459 e. The van der Waals surface area contributed by atoms with Crippen LogP contribution in [0.25, 0.3) is 0 Å². The van der Waals surface area contributed by atoms with Crippen LogP contribution in [-0.4, -0.2) is 11.5 Å². The highest BCUT2D eigenvalue weighted by Crippen LogP contribution is 2.14. The van der Waals surface area contributed by atoms with Gasteiger partial charge in [-0.15, -0.1) is 0 Å². The van der Waals surface area contributed by atoms with Crippen LogP contribution in [0.2, 0.25) is 0 Å². The second-order valence-corrected chi connectivity index (χ2v) is 4.89. The summed E-state index contributed by atoms with van der Waals surface area (Å²) in [6, 6.07) is 7.63. The summed E-state index contributed by atoms with van der Waals surface area (Å²) >= 11 is 3.36. The molecule has 0 bridgehead atoms. The van der Waals surface area contributed by atoms with Gasteiger partial charge in [-0.1, -0.05) is 35.0 Å². The van der Waals surface area contributed by atoms with E-state index in [1.54, 1.807) is 6.92 Å². The van der Waals surface area contributed by atoms with Gasteiger partial charge in [0, 0.05) is 4.47 Å². The van der Waals surface area contributed by atoms with Gasteiger partial charge < -0.3 is 10.5 Å². The summed E-state index contributed by atoms with van der Waals surface area (Å²) in [5.74, 6) is -0.366. The van der Waals surface area contributed by atoms with Gasteiger partial charge >= 0.3 is 5.97 Å². The molecule has 0 spiro atoms. The molecule has 1 rings (SSSR count). The first-order valence-corrected chi connectivity index (χ1v) is 5.95. The Morgan fingerprint density at radius 1 is 1.56 bits per heavy atom. The smallest absolute Gasteiger partial charge is 0.326 e. The van der Waals surface area contributed by atoms with Crippen molar-refractivity contribution in [2.75, 3.05) is 0 Å². The number of carbonyl (C=O) groups is 1. The van der Waals surface area contributed by atoms with E-state index in [2.05, 4.69) is 15.9 Å². The predicted molar refractivity (Wildman–Crippen MR) is 66.8 cm³/mol. The first-order chi connectivity index (χ1) is 7.45. The lowest BCUT2D eigenvalue weighted by Gasteiger charge is -2.20. The molecule has 88 valence electrons. The third-order valence-electron chi connectivity index (χ3n) is 2.46. The van der Waals surface area contributed by atoms with Crippen LogP contribution in [0.4, 0.5) is 0 Å². The highest BCUT2D eigenvalue weighted by molar-refractivity contribution is 9.10. The van der Waals surface area contributed by atoms with Gasteiger partial charge in [-0.05, 0) is 31.0 Å². The zero-order valence-electron chi connectivity index (χ0n) is 9.50.